The predicted molar refractivity (Wildman–Crippen MR) is 139 cm³/mol. The summed E-state index contributed by atoms with van der Waals surface area (Å²) in [5.74, 6) is -0.355. The Morgan fingerprint density at radius 1 is 0.882 bits per heavy atom. The van der Waals surface area contributed by atoms with E-state index in [9.17, 15) is 9.59 Å². The molecule has 0 bridgehead atoms. The third kappa shape index (κ3) is 6.97. The normalized spacial score (nSPS) is 11.5. The Kier molecular flexibility index (Phi) is 8.62. The third-order valence-electron chi connectivity index (χ3n) is 5.57. The van der Waals surface area contributed by atoms with Crippen LogP contribution < -0.4 is 5.56 Å². The molecule has 3 aromatic rings. The number of pyridine rings is 1. The van der Waals surface area contributed by atoms with Crippen LogP contribution in [0.25, 0.3) is 0 Å². The molecule has 180 valence electrons. The Hall–Kier alpha value is -2.56. The standard InChI is InChI=1S/C28H31Cl2NO3/c1-5-19-7-6-8-21(17-19)11-14-25-23(29)18-24(30)26(32)31(25)16-15-20-9-12-22(13-10-20)27(33)34-28(2,3)4/h6-10,12-13,17-18H,5,11,14-16H2,1-4H3. The number of carbonyl (C=O) groups excluding carboxylic acids is 1. The first-order valence-corrected chi connectivity index (χ1v) is 12.3. The summed E-state index contributed by atoms with van der Waals surface area (Å²) < 4.78 is 7.09. The molecule has 0 aliphatic heterocycles. The van der Waals surface area contributed by atoms with Crippen molar-refractivity contribution in [2.24, 2.45) is 0 Å². The Labute approximate surface area is 211 Å². The van der Waals surface area contributed by atoms with E-state index < -0.39 is 5.60 Å². The molecule has 0 aliphatic carbocycles. The molecule has 0 fully saturated rings. The van der Waals surface area contributed by atoms with Gasteiger partial charge in [0, 0.05) is 12.2 Å². The zero-order valence-electron chi connectivity index (χ0n) is 20.2. The zero-order valence-corrected chi connectivity index (χ0v) is 21.7. The SMILES string of the molecule is CCc1cccc(CCc2c(Cl)cc(Cl)c(=O)n2CCc2ccc(C(=O)OC(C)(C)C)cc2)c1. The molecular weight excluding hydrogens is 469 g/mol. The lowest BCUT2D eigenvalue weighted by atomic mass is 10.0. The van der Waals surface area contributed by atoms with E-state index in [-0.39, 0.29) is 16.6 Å². The lowest BCUT2D eigenvalue weighted by molar-refractivity contribution is 0.00695. The van der Waals surface area contributed by atoms with Gasteiger partial charge in [0.25, 0.3) is 5.56 Å². The highest BCUT2D eigenvalue weighted by Crippen LogP contribution is 2.21. The van der Waals surface area contributed by atoms with Crippen molar-refractivity contribution in [3.63, 3.8) is 0 Å². The molecule has 4 nitrogen and oxygen atoms in total. The summed E-state index contributed by atoms with van der Waals surface area (Å²) in [6, 6.07) is 17.3. The second-order valence-corrected chi connectivity index (χ2v) is 10.2. The molecule has 0 aliphatic rings. The van der Waals surface area contributed by atoms with Crippen molar-refractivity contribution in [2.45, 2.75) is 65.5 Å². The Balaban J connectivity index is 1.76. The molecule has 34 heavy (non-hydrogen) atoms. The van der Waals surface area contributed by atoms with E-state index in [2.05, 4.69) is 31.2 Å². The number of esters is 1. The van der Waals surface area contributed by atoms with E-state index in [1.807, 2.05) is 32.9 Å². The molecule has 0 saturated heterocycles. The first kappa shape index (κ1) is 26.1. The monoisotopic (exact) mass is 499 g/mol. The molecule has 1 heterocycles. The van der Waals surface area contributed by atoms with E-state index >= 15 is 0 Å². The van der Waals surface area contributed by atoms with E-state index in [1.165, 1.54) is 17.2 Å². The number of benzene rings is 2. The van der Waals surface area contributed by atoms with Gasteiger partial charge in [0.05, 0.1) is 10.6 Å². The van der Waals surface area contributed by atoms with Gasteiger partial charge in [-0.25, -0.2) is 4.79 Å². The molecule has 3 rings (SSSR count). The molecule has 6 heteroatoms. The maximum atomic E-state index is 12.9. The van der Waals surface area contributed by atoms with Crippen LogP contribution in [0, 0.1) is 0 Å². The van der Waals surface area contributed by atoms with E-state index in [0.29, 0.717) is 30.0 Å². The molecular formula is C28H31Cl2NO3. The topological polar surface area (TPSA) is 48.3 Å². The highest BCUT2D eigenvalue weighted by Gasteiger charge is 2.18. The van der Waals surface area contributed by atoms with Crippen LogP contribution in [0.15, 0.2) is 59.4 Å². The van der Waals surface area contributed by atoms with Gasteiger partial charge in [-0.3, -0.25) is 4.79 Å². The molecule has 0 radical (unpaired) electrons. The molecule has 0 N–H and O–H groups in total. The number of hydrogen-bond donors (Lipinski definition) is 0. The first-order chi connectivity index (χ1) is 16.1. The maximum absolute atomic E-state index is 12.9. The van der Waals surface area contributed by atoms with Gasteiger partial charge in [-0.1, -0.05) is 66.5 Å². The van der Waals surface area contributed by atoms with Gasteiger partial charge in [0.1, 0.15) is 10.6 Å². The molecule has 0 spiro atoms. The summed E-state index contributed by atoms with van der Waals surface area (Å²) in [4.78, 5) is 25.1. The summed E-state index contributed by atoms with van der Waals surface area (Å²) in [5, 5.41) is 0.610. The summed E-state index contributed by atoms with van der Waals surface area (Å²) in [7, 11) is 0. The Morgan fingerprint density at radius 3 is 2.21 bits per heavy atom. The summed E-state index contributed by atoms with van der Waals surface area (Å²) in [5.41, 5.74) is 3.98. The molecule has 0 unspecified atom stereocenters. The number of hydrogen-bond acceptors (Lipinski definition) is 3. The fourth-order valence-corrected chi connectivity index (χ4v) is 4.35. The van der Waals surface area contributed by atoms with Gasteiger partial charge >= 0.3 is 5.97 Å². The molecule has 1 aromatic heterocycles. The minimum absolute atomic E-state index is 0.113. The van der Waals surface area contributed by atoms with E-state index in [4.69, 9.17) is 27.9 Å². The van der Waals surface area contributed by atoms with Crippen LogP contribution in [0.5, 0.6) is 0 Å². The smallest absolute Gasteiger partial charge is 0.338 e. The van der Waals surface area contributed by atoms with Crippen molar-refractivity contribution < 1.29 is 9.53 Å². The van der Waals surface area contributed by atoms with Crippen LogP contribution in [-0.2, 0) is 37.0 Å². The number of halogens is 2. The quantitative estimate of drug-likeness (QED) is 0.324. The van der Waals surface area contributed by atoms with Gasteiger partial charge in [-0.15, -0.1) is 0 Å². The highest BCUT2D eigenvalue weighted by atomic mass is 35.5. The van der Waals surface area contributed by atoms with Gasteiger partial charge in [-0.05, 0) is 81.3 Å². The van der Waals surface area contributed by atoms with E-state index in [0.717, 1.165) is 24.1 Å². The molecule has 2 aromatic carbocycles. The van der Waals surface area contributed by atoms with Gasteiger partial charge in [0.2, 0.25) is 0 Å². The molecule has 0 amide bonds. The van der Waals surface area contributed by atoms with Gasteiger partial charge in [-0.2, -0.15) is 0 Å². The Bertz CT molecular complexity index is 1210. The van der Waals surface area contributed by atoms with Crippen molar-refractivity contribution in [3.8, 4) is 0 Å². The predicted octanol–water partition coefficient (Wildman–Crippen LogP) is 6.70. The van der Waals surface area contributed by atoms with Gasteiger partial charge in [0.15, 0.2) is 0 Å². The van der Waals surface area contributed by atoms with Crippen LogP contribution in [-0.4, -0.2) is 16.1 Å². The van der Waals surface area contributed by atoms with Crippen LogP contribution in [0.1, 0.15) is 60.4 Å². The fraction of sp³-hybridized carbons (Fsp3) is 0.357. The summed E-state index contributed by atoms with van der Waals surface area (Å²) in [6.45, 7) is 8.09. The van der Waals surface area contributed by atoms with Crippen molar-refractivity contribution in [1.29, 1.82) is 0 Å². The number of ether oxygens (including phenoxy) is 1. The van der Waals surface area contributed by atoms with Crippen molar-refractivity contribution in [1.82, 2.24) is 4.57 Å². The van der Waals surface area contributed by atoms with E-state index in [1.54, 1.807) is 16.7 Å². The third-order valence-corrected chi connectivity index (χ3v) is 6.17. The maximum Gasteiger partial charge on any atom is 0.338 e. The lowest BCUT2D eigenvalue weighted by Crippen LogP contribution is -2.26. The van der Waals surface area contributed by atoms with Crippen LogP contribution >= 0.6 is 23.2 Å². The van der Waals surface area contributed by atoms with Crippen LogP contribution in [0.3, 0.4) is 0 Å². The number of carbonyl (C=O) groups is 1. The minimum atomic E-state index is -0.545. The van der Waals surface area contributed by atoms with Crippen molar-refractivity contribution in [3.05, 3.63) is 103 Å². The summed E-state index contributed by atoms with van der Waals surface area (Å²) in [6.07, 6.45) is 2.99. The minimum Gasteiger partial charge on any atom is -0.456 e. The largest absolute Gasteiger partial charge is 0.456 e. The van der Waals surface area contributed by atoms with Crippen LogP contribution in [0.2, 0.25) is 10.0 Å². The highest BCUT2D eigenvalue weighted by molar-refractivity contribution is 6.34. The number of nitrogens with zero attached hydrogens (tertiary/aromatic N) is 1. The second kappa shape index (κ2) is 11.2. The second-order valence-electron chi connectivity index (χ2n) is 9.37. The number of rotatable bonds is 8. The van der Waals surface area contributed by atoms with Gasteiger partial charge < -0.3 is 9.30 Å². The van der Waals surface area contributed by atoms with Crippen molar-refractivity contribution >= 4 is 29.2 Å². The fourth-order valence-electron chi connectivity index (χ4n) is 3.78. The zero-order chi connectivity index (χ0) is 24.9. The van der Waals surface area contributed by atoms with Crippen LogP contribution in [0.4, 0.5) is 0 Å². The lowest BCUT2D eigenvalue weighted by Gasteiger charge is -2.19. The molecule has 0 atom stereocenters. The average Bonchev–Trinajstić information content (AvgIpc) is 2.79. The molecule has 0 saturated carbocycles. The first-order valence-electron chi connectivity index (χ1n) is 11.5. The Morgan fingerprint density at radius 2 is 1.56 bits per heavy atom. The van der Waals surface area contributed by atoms with Crippen molar-refractivity contribution in [2.75, 3.05) is 0 Å². The average molecular weight is 500 g/mol. The summed E-state index contributed by atoms with van der Waals surface area (Å²) >= 11 is 12.7. The number of aromatic nitrogens is 1. The number of aryl methyl sites for hydroxylation is 3.